The van der Waals surface area contributed by atoms with Gasteiger partial charge in [-0.05, 0) is 37.1 Å². The predicted octanol–water partition coefficient (Wildman–Crippen LogP) is 2.70. The molecule has 2 rings (SSSR count). The first-order valence-electron chi connectivity index (χ1n) is 6.54. The fraction of sp³-hybridized carbons (Fsp3) is 0.357. The first kappa shape index (κ1) is 15.2. The third-order valence-electron chi connectivity index (χ3n) is 2.81. The molecule has 0 aliphatic heterocycles. The van der Waals surface area contributed by atoms with Crippen molar-refractivity contribution in [2.45, 2.75) is 13.8 Å². The Morgan fingerprint density at radius 2 is 2.05 bits per heavy atom. The van der Waals surface area contributed by atoms with Crippen LogP contribution in [0.1, 0.15) is 11.1 Å². The number of ether oxygens (including phenoxy) is 1. The van der Waals surface area contributed by atoms with Gasteiger partial charge in [-0.3, -0.25) is 5.32 Å². The molecule has 2 amide bonds. The van der Waals surface area contributed by atoms with Crippen molar-refractivity contribution in [2.75, 3.05) is 25.5 Å². The third-order valence-corrected chi connectivity index (χ3v) is 3.42. The minimum absolute atomic E-state index is 0.226. The summed E-state index contributed by atoms with van der Waals surface area (Å²) in [7, 11) is 1.71. The summed E-state index contributed by atoms with van der Waals surface area (Å²) in [6, 6.07) is 5.83. The molecule has 0 unspecified atom stereocenters. The minimum atomic E-state index is -0.226. The molecule has 112 valence electrons. The Kier molecular flexibility index (Phi) is 5.10. The number of nitrogens with zero attached hydrogens (tertiary/aromatic N) is 3. The van der Waals surface area contributed by atoms with E-state index in [1.807, 2.05) is 26.0 Å². The molecule has 21 heavy (non-hydrogen) atoms. The number of amides is 2. The summed E-state index contributed by atoms with van der Waals surface area (Å²) >= 11 is 1.28. The van der Waals surface area contributed by atoms with Crippen molar-refractivity contribution in [2.24, 2.45) is 0 Å². The first-order chi connectivity index (χ1) is 10.0. The Labute approximate surface area is 127 Å². The van der Waals surface area contributed by atoms with Gasteiger partial charge in [-0.2, -0.15) is 0 Å². The van der Waals surface area contributed by atoms with Crippen LogP contribution >= 0.6 is 11.3 Å². The molecule has 1 aromatic heterocycles. The summed E-state index contributed by atoms with van der Waals surface area (Å²) in [6.07, 6.45) is 0. The molecular weight excluding hydrogens is 288 g/mol. The van der Waals surface area contributed by atoms with E-state index in [2.05, 4.69) is 21.6 Å². The second-order valence-electron chi connectivity index (χ2n) is 4.77. The standard InChI is InChI=1S/C14H18N4O2S/c1-10-6-11(2)8-12(7-10)20-5-4-18(3)14(19)16-13-17-15-9-21-13/h6-9H,4-5H2,1-3H3,(H,16,17,19). The Balaban J connectivity index is 1.78. The van der Waals surface area contributed by atoms with Crippen LogP contribution in [-0.2, 0) is 0 Å². The first-order valence-corrected chi connectivity index (χ1v) is 7.42. The lowest BCUT2D eigenvalue weighted by Gasteiger charge is -2.17. The van der Waals surface area contributed by atoms with Crippen LogP contribution in [0.2, 0.25) is 0 Å². The van der Waals surface area contributed by atoms with Crippen LogP contribution < -0.4 is 10.1 Å². The predicted molar refractivity (Wildman–Crippen MR) is 83.0 cm³/mol. The van der Waals surface area contributed by atoms with Gasteiger partial charge in [-0.1, -0.05) is 17.4 Å². The van der Waals surface area contributed by atoms with E-state index in [1.54, 1.807) is 17.5 Å². The van der Waals surface area contributed by atoms with Crippen LogP contribution in [0.3, 0.4) is 0 Å². The zero-order valence-electron chi connectivity index (χ0n) is 12.3. The van der Waals surface area contributed by atoms with Gasteiger partial charge < -0.3 is 9.64 Å². The fourth-order valence-electron chi connectivity index (χ4n) is 1.83. The number of anilines is 1. The lowest BCUT2D eigenvalue weighted by atomic mass is 10.1. The Morgan fingerprint density at radius 3 is 2.67 bits per heavy atom. The molecule has 0 radical (unpaired) electrons. The topological polar surface area (TPSA) is 67.3 Å². The van der Waals surface area contributed by atoms with Gasteiger partial charge in [0, 0.05) is 7.05 Å². The van der Waals surface area contributed by atoms with Gasteiger partial charge in [0.2, 0.25) is 5.13 Å². The van der Waals surface area contributed by atoms with Crippen LogP contribution in [0.4, 0.5) is 9.93 Å². The molecule has 1 aromatic carbocycles. The van der Waals surface area contributed by atoms with E-state index in [9.17, 15) is 4.79 Å². The zero-order chi connectivity index (χ0) is 15.2. The largest absolute Gasteiger partial charge is 0.492 e. The fourth-order valence-corrected chi connectivity index (χ4v) is 2.27. The Hall–Kier alpha value is -2.15. The quantitative estimate of drug-likeness (QED) is 0.922. The number of carbonyl (C=O) groups excluding carboxylic acids is 1. The molecule has 0 aliphatic carbocycles. The van der Waals surface area contributed by atoms with Crippen molar-refractivity contribution in [1.82, 2.24) is 15.1 Å². The van der Waals surface area contributed by atoms with E-state index in [0.29, 0.717) is 18.3 Å². The molecule has 1 heterocycles. The van der Waals surface area contributed by atoms with Gasteiger partial charge in [0.1, 0.15) is 17.9 Å². The van der Waals surface area contributed by atoms with Gasteiger partial charge in [-0.25, -0.2) is 4.79 Å². The van der Waals surface area contributed by atoms with Gasteiger partial charge in [-0.15, -0.1) is 10.2 Å². The Bertz CT molecular complexity index is 581. The highest BCUT2D eigenvalue weighted by atomic mass is 32.1. The number of benzene rings is 1. The van der Waals surface area contributed by atoms with Crippen LogP contribution in [0.25, 0.3) is 0 Å². The third kappa shape index (κ3) is 4.71. The maximum atomic E-state index is 11.9. The molecule has 0 spiro atoms. The molecule has 0 saturated heterocycles. The Morgan fingerprint density at radius 1 is 1.33 bits per heavy atom. The summed E-state index contributed by atoms with van der Waals surface area (Å²) in [5.74, 6) is 0.824. The number of hydrogen-bond acceptors (Lipinski definition) is 5. The van der Waals surface area contributed by atoms with E-state index >= 15 is 0 Å². The van der Waals surface area contributed by atoms with Crippen molar-refractivity contribution >= 4 is 22.5 Å². The van der Waals surface area contributed by atoms with E-state index in [-0.39, 0.29) is 6.03 Å². The molecule has 0 atom stereocenters. The molecule has 0 bridgehead atoms. The molecule has 6 nitrogen and oxygen atoms in total. The van der Waals surface area contributed by atoms with Crippen LogP contribution in [0.5, 0.6) is 5.75 Å². The molecule has 0 fully saturated rings. The number of nitrogens with one attached hydrogen (secondary N) is 1. The van der Waals surface area contributed by atoms with Crippen molar-refractivity contribution in [1.29, 1.82) is 0 Å². The lowest BCUT2D eigenvalue weighted by molar-refractivity contribution is 0.207. The smallest absolute Gasteiger partial charge is 0.323 e. The van der Waals surface area contributed by atoms with Gasteiger partial charge in [0.25, 0.3) is 0 Å². The number of aryl methyl sites for hydroxylation is 2. The lowest BCUT2D eigenvalue weighted by Crippen LogP contribution is -2.34. The van der Waals surface area contributed by atoms with Crippen LogP contribution in [0.15, 0.2) is 23.7 Å². The molecular formula is C14H18N4O2S. The average molecular weight is 306 g/mol. The summed E-state index contributed by atoms with van der Waals surface area (Å²) < 4.78 is 5.68. The maximum absolute atomic E-state index is 11.9. The van der Waals surface area contributed by atoms with E-state index in [4.69, 9.17) is 4.74 Å². The normalized spacial score (nSPS) is 10.2. The van der Waals surface area contributed by atoms with Gasteiger partial charge in [0.15, 0.2) is 0 Å². The summed E-state index contributed by atoms with van der Waals surface area (Å²) in [6.45, 7) is 4.98. The number of urea groups is 1. The minimum Gasteiger partial charge on any atom is -0.492 e. The molecule has 1 N–H and O–H groups in total. The maximum Gasteiger partial charge on any atom is 0.323 e. The zero-order valence-corrected chi connectivity index (χ0v) is 13.1. The highest BCUT2D eigenvalue weighted by Gasteiger charge is 2.10. The molecule has 0 saturated carbocycles. The second kappa shape index (κ2) is 7.03. The number of rotatable bonds is 5. The molecule has 2 aromatic rings. The molecule has 0 aliphatic rings. The van der Waals surface area contributed by atoms with Crippen LogP contribution in [0, 0.1) is 13.8 Å². The number of aromatic nitrogens is 2. The van der Waals surface area contributed by atoms with Gasteiger partial charge >= 0.3 is 6.03 Å². The number of carbonyl (C=O) groups is 1. The van der Waals surface area contributed by atoms with Crippen LogP contribution in [-0.4, -0.2) is 41.3 Å². The van der Waals surface area contributed by atoms with Crippen molar-refractivity contribution < 1.29 is 9.53 Å². The summed E-state index contributed by atoms with van der Waals surface area (Å²) in [5.41, 5.74) is 3.89. The van der Waals surface area contributed by atoms with E-state index in [1.165, 1.54) is 11.3 Å². The number of hydrogen-bond donors (Lipinski definition) is 1. The van der Waals surface area contributed by atoms with Crippen molar-refractivity contribution in [3.05, 3.63) is 34.8 Å². The van der Waals surface area contributed by atoms with Crippen molar-refractivity contribution in [3.8, 4) is 5.75 Å². The SMILES string of the molecule is Cc1cc(C)cc(OCCN(C)C(=O)Nc2nncs2)c1. The van der Waals surface area contributed by atoms with E-state index in [0.717, 1.165) is 16.9 Å². The van der Waals surface area contributed by atoms with Crippen molar-refractivity contribution in [3.63, 3.8) is 0 Å². The summed E-state index contributed by atoms with van der Waals surface area (Å²) in [5, 5.41) is 10.6. The van der Waals surface area contributed by atoms with Gasteiger partial charge in [0.05, 0.1) is 6.54 Å². The van der Waals surface area contributed by atoms with E-state index < -0.39 is 0 Å². The monoisotopic (exact) mass is 306 g/mol. The molecule has 7 heteroatoms. The average Bonchev–Trinajstić information content (AvgIpc) is 2.90. The highest BCUT2D eigenvalue weighted by molar-refractivity contribution is 7.13. The summed E-state index contributed by atoms with van der Waals surface area (Å²) in [4.78, 5) is 13.4. The second-order valence-corrected chi connectivity index (χ2v) is 5.60. The number of likely N-dealkylation sites (N-methyl/N-ethyl adjacent to an activating group) is 1. The highest BCUT2D eigenvalue weighted by Crippen LogP contribution is 2.16.